The van der Waals surface area contributed by atoms with Crippen LogP contribution in [0.2, 0.25) is 5.02 Å². The van der Waals surface area contributed by atoms with Crippen molar-refractivity contribution in [2.24, 2.45) is 5.92 Å². The molecule has 2 atom stereocenters. The molecule has 0 aromatic heterocycles. The Morgan fingerprint density at radius 1 is 1.35 bits per heavy atom. The van der Waals surface area contributed by atoms with Gasteiger partial charge in [-0.05, 0) is 36.6 Å². The molecule has 0 spiro atoms. The highest BCUT2D eigenvalue weighted by Crippen LogP contribution is 2.57. The summed E-state index contributed by atoms with van der Waals surface area (Å²) >= 11 is 5.61. The van der Waals surface area contributed by atoms with Gasteiger partial charge in [-0.15, -0.1) is 0 Å². The van der Waals surface area contributed by atoms with Crippen LogP contribution >= 0.6 is 11.6 Å². The van der Waals surface area contributed by atoms with Crippen molar-refractivity contribution in [1.29, 1.82) is 0 Å². The number of piperidine rings is 1. The minimum atomic E-state index is -4.37. The molecule has 2 fully saturated rings. The van der Waals surface area contributed by atoms with Gasteiger partial charge in [-0.25, -0.2) is 0 Å². The summed E-state index contributed by atoms with van der Waals surface area (Å²) in [5.41, 5.74) is -0.0160. The predicted molar refractivity (Wildman–Crippen MR) is 59.1 cm³/mol. The molecule has 0 bridgehead atoms. The molecule has 2 aliphatic rings. The van der Waals surface area contributed by atoms with Gasteiger partial charge in [0.2, 0.25) is 0 Å². The first-order chi connectivity index (χ1) is 7.93. The fourth-order valence-corrected chi connectivity index (χ4v) is 3.07. The van der Waals surface area contributed by atoms with Crippen molar-refractivity contribution in [3.8, 4) is 0 Å². The normalized spacial score (nSPS) is 31.4. The number of hydrogen-bond donors (Lipinski definition) is 1. The van der Waals surface area contributed by atoms with E-state index in [1.807, 2.05) is 0 Å². The highest BCUT2D eigenvalue weighted by atomic mass is 35.5. The maximum atomic E-state index is 12.8. The summed E-state index contributed by atoms with van der Waals surface area (Å²) in [6.45, 7) is 1.68. The molecule has 3 rings (SSSR count). The van der Waals surface area contributed by atoms with Gasteiger partial charge in [0, 0.05) is 12.0 Å². The van der Waals surface area contributed by atoms with E-state index in [2.05, 4.69) is 5.32 Å². The van der Waals surface area contributed by atoms with Gasteiger partial charge in [0.1, 0.15) is 0 Å². The summed E-state index contributed by atoms with van der Waals surface area (Å²) in [6.07, 6.45) is -3.39. The molecule has 1 aromatic rings. The van der Waals surface area contributed by atoms with Crippen molar-refractivity contribution in [3.05, 3.63) is 34.3 Å². The molecule has 1 aliphatic carbocycles. The third kappa shape index (κ3) is 1.66. The fraction of sp³-hybridized carbons (Fsp3) is 0.500. The number of alkyl halides is 3. The Balaban J connectivity index is 2.03. The fourth-order valence-electron chi connectivity index (χ4n) is 2.84. The minimum absolute atomic E-state index is 0.0649. The molecule has 0 radical (unpaired) electrons. The average Bonchev–Trinajstić information content (AvgIpc) is 2.80. The number of halogens is 4. The van der Waals surface area contributed by atoms with E-state index in [0.29, 0.717) is 5.92 Å². The maximum Gasteiger partial charge on any atom is 0.417 e. The molecule has 1 unspecified atom stereocenters. The molecule has 17 heavy (non-hydrogen) atoms. The Labute approximate surface area is 102 Å². The van der Waals surface area contributed by atoms with Gasteiger partial charge < -0.3 is 5.32 Å². The summed E-state index contributed by atoms with van der Waals surface area (Å²) < 4.78 is 38.3. The number of benzene rings is 1. The molecule has 1 nitrogen and oxygen atoms in total. The summed E-state index contributed by atoms with van der Waals surface area (Å²) in [5, 5.41) is 3.00. The molecule has 1 aromatic carbocycles. The van der Waals surface area contributed by atoms with Crippen LogP contribution in [0.3, 0.4) is 0 Å². The zero-order valence-corrected chi connectivity index (χ0v) is 9.70. The summed E-state index contributed by atoms with van der Waals surface area (Å²) in [4.78, 5) is 0. The zero-order chi connectivity index (χ0) is 12.3. The summed E-state index contributed by atoms with van der Waals surface area (Å²) in [7, 11) is 0. The maximum absolute atomic E-state index is 12.8. The third-order valence-corrected chi connectivity index (χ3v) is 4.24. The first-order valence-electron chi connectivity index (χ1n) is 5.51. The number of nitrogens with one attached hydrogen (secondary N) is 1. The molecule has 1 saturated carbocycles. The van der Waals surface area contributed by atoms with Crippen molar-refractivity contribution < 1.29 is 13.2 Å². The Morgan fingerprint density at radius 2 is 2.12 bits per heavy atom. The highest BCUT2D eigenvalue weighted by molar-refractivity contribution is 6.31. The smallest absolute Gasteiger partial charge is 0.316 e. The Bertz CT molecular complexity index is 471. The van der Waals surface area contributed by atoms with Crippen molar-refractivity contribution in [3.63, 3.8) is 0 Å². The second-order valence-corrected chi connectivity index (χ2v) is 5.29. The molecule has 5 heteroatoms. The first kappa shape index (κ1) is 11.4. The van der Waals surface area contributed by atoms with E-state index in [1.165, 1.54) is 12.1 Å². The van der Waals surface area contributed by atoms with Gasteiger partial charge in [0.25, 0.3) is 0 Å². The summed E-state index contributed by atoms with van der Waals surface area (Å²) in [5.74, 6) is 0.491. The van der Waals surface area contributed by atoms with E-state index < -0.39 is 11.7 Å². The topological polar surface area (TPSA) is 12.0 Å². The number of fused-ring (bicyclic) bond motifs is 1. The van der Waals surface area contributed by atoms with Crippen LogP contribution in [0.25, 0.3) is 0 Å². The second-order valence-electron chi connectivity index (χ2n) is 4.88. The average molecular weight is 262 g/mol. The van der Waals surface area contributed by atoms with E-state index in [4.69, 9.17) is 11.6 Å². The van der Waals surface area contributed by atoms with Crippen LogP contribution in [-0.4, -0.2) is 13.1 Å². The molecule has 1 saturated heterocycles. The van der Waals surface area contributed by atoms with E-state index in [-0.39, 0.29) is 10.4 Å². The van der Waals surface area contributed by atoms with E-state index >= 15 is 0 Å². The van der Waals surface area contributed by atoms with Crippen LogP contribution in [0, 0.1) is 5.92 Å². The number of hydrogen-bond acceptors (Lipinski definition) is 1. The lowest BCUT2D eigenvalue weighted by Crippen LogP contribution is -2.20. The Hall–Kier alpha value is -0.740. The Morgan fingerprint density at radius 3 is 2.65 bits per heavy atom. The predicted octanol–water partition coefficient (Wildman–Crippen LogP) is 3.22. The lowest BCUT2D eigenvalue weighted by atomic mass is 9.93. The molecule has 1 N–H and O–H groups in total. The molecular formula is C12H11ClF3N. The SMILES string of the molecule is FC(F)(F)c1cc(C23CNC[C@@H]2C3)ccc1Cl. The standard InChI is InChI=1S/C12H11ClF3N/c13-10-2-1-7(3-9(10)12(14,15)16)11-4-8(11)5-17-6-11/h1-3,8,17H,4-6H2/t8-,11?/m0/s1. The largest absolute Gasteiger partial charge is 0.417 e. The Kier molecular flexibility index (Phi) is 2.26. The lowest BCUT2D eigenvalue weighted by molar-refractivity contribution is -0.137. The van der Waals surface area contributed by atoms with Crippen molar-refractivity contribution >= 4 is 11.6 Å². The van der Waals surface area contributed by atoms with Crippen molar-refractivity contribution in [2.75, 3.05) is 13.1 Å². The van der Waals surface area contributed by atoms with Crippen molar-refractivity contribution in [2.45, 2.75) is 18.0 Å². The monoisotopic (exact) mass is 261 g/mol. The third-order valence-electron chi connectivity index (χ3n) is 3.91. The quantitative estimate of drug-likeness (QED) is 0.819. The van der Waals surface area contributed by atoms with Gasteiger partial charge >= 0.3 is 6.18 Å². The summed E-state index contributed by atoms with van der Waals surface area (Å²) in [6, 6.07) is 4.31. The van der Waals surface area contributed by atoms with Crippen LogP contribution in [0.5, 0.6) is 0 Å². The van der Waals surface area contributed by atoms with Gasteiger partial charge in [-0.3, -0.25) is 0 Å². The van der Waals surface area contributed by atoms with Crippen molar-refractivity contribution in [1.82, 2.24) is 5.32 Å². The van der Waals surface area contributed by atoms with E-state index in [1.54, 1.807) is 6.07 Å². The van der Waals surface area contributed by atoms with E-state index in [0.717, 1.165) is 25.1 Å². The minimum Gasteiger partial charge on any atom is -0.316 e. The van der Waals surface area contributed by atoms with Gasteiger partial charge in [-0.1, -0.05) is 17.7 Å². The van der Waals surface area contributed by atoms with Crippen LogP contribution in [0.4, 0.5) is 13.2 Å². The molecule has 1 heterocycles. The van der Waals surface area contributed by atoms with Gasteiger partial charge in [0.05, 0.1) is 10.6 Å². The molecule has 92 valence electrons. The van der Waals surface area contributed by atoms with Crippen LogP contribution < -0.4 is 5.32 Å². The molecular weight excluding hydrogens is 251 g/mol. The molecule has 1 aliphatic heterocycles. The van der Waals surface area contributed by atoms with E-state index in [9.17, 15) is 13.2 Å². The highest BCUT2D eigenvalue weighted by Gasteiger charge is 2.58. The molecule has 0 amide bonds. The number of rotatable bonds is 1. The van der Waals surface area contributed by atoms with Crippen LogP contribution in [0.15, 0.2) is 18.2 Å². The zero-order valence-electron chi connectivity index (χ0n) is 8.94. The van der Waals surface area contributed by atoms with Gasteiger partial charge in [-0.2, -0.15) is 13.2 Å². The second kappa shape index (κ2) is 3.39. The van der Waals surface area contributed by atoms with Crippen LogP contribution in [0.1, 0.15) is 17.5 Å². The van der Waals surface area contributed by atoms with Crippen LogP contribution in [-0.2, 0) is 11.6 Å². The lowest BCUT2D eigenvalue weighted by Gasteiger charge is -2.16. The first-order valence-corrected chi connectivity index (χ1v) is 5.89. The van der Waals surface area contributed by atoms with Gasteiger partial charge in [0.15, 0.2) is 0 Å².